The smallest absolute Gasteiger partial charge is 0.331 e. The number of nitrogens with one attached hydrogen (secondary N) is 1. The highest BCUT2D eigenvalue weighted by molar-refractivity contribution is 5.84. The molecule has 1 aliphatic heterocycles. The van der Waals surface area contributed by atoms with Crippen LogP contribution >= 0.6 is 0 Å². The van der Waals surface area contributed by atoms with E-state index in [-0.39, 0.29) is 17.9 Å². The minimum atomic E-state index is -1.60. The third-order valence-corrected chi connectivity index (χ3v) is 4.67. The number of carboxylic acid groups (broad SMARTS) is 1. The fraction of sp³-hybridized carbons (Fsp3) is 0.556. The van der Waals surface area contributed by atoms with Gasteiger partial charge in [-0.3, -0.25) is 4.79 Å². The standard InChI is InChI=1S/C18H24F2N2O3/c1-11(2)22-7-5-12(6-8-22)9-16(23)21-17(18(24)25)14-10-13(19)3-4-15(14)20/h3-4,10-12,17H,5-9H2,1-2H3,(H,21,23)(H,24,25)/t17-/m1/s1. The second-order valence-electron chi connectivity index (χ2n) is 6.78. The van der Waals surface area contributed by atoms with E-state index in [1.807, 2.05) is 0 Å². The molecule has 1 amide bonds. The van der Waals surface area contributed by atoms with Crippen molar-refractivity contribution in [3.63, 3.8) is 0 Å². The Morgan fingerprint density at radius 1 is 1.28 bits per heavy atom. The molecule has 0 spiro atoms. The number of aliphatic carboxylic acids is 1. The summed E-state index contributed by atoms with van der Waals surface area (Å²) < 4.78 is 27.1. The van der Waals surface area contributed by atoms with Crippen LogP contribution in [-0.2, 0) is 9.59 Å². The molecule has 1 saturated heterocycles. The van der Waals surface area contributed by atoms with Crippen molar-refractivity contribution in [2.45, 2.75) is 45.2 Å². The molecule has 25 heavy (non-hydrogen) atoms. The molecule has 0 saturated carbocycles. The van der Waals surface area contributed by atoms with Crippen molar-refractivity contribution < 1.29 is 23.5 Å². The second-order valence-corrected chi connectivity index (χ2v) is 6.78. The summed E-state index contributed by atoms with van der Waals surface area (Å²) in [5.41, 5.74) is -0.379. The fourth-order valence-corrected chi connectivity index (χ4v) is 3.16. The van der Waals surface area contributed by atoms with E-state index >= 15 is 0 Å². The highest BCUT2D eigenvalue weighted by Crippen LogP contribution is 2.23. The van der Waals surface area contributed by atoms with Crippen molar-refractivity contribution >= 4 is 11.9 Å². The number of carbonyl (C=O) groups excluding carboxylic acids is 1. The summed E-state index contributed by atoms with van der Waals surface area (Å²) in [5.74, 6) is -3.33. The maximum absolute atomic E-state index is 13.8. The fourth-order valence-electron chi connectivity index (χ4n) is 3.16. The van der Waals surface area contributed by atoms with Crippen LogP contribution in [0.1, 0.15) is 44.7 Å². The van der Waals surface area contributed by atoms with Crippen molar-refractivity contribution in [1.29, 1.82) is 0 Å². The highest BCUT2D eigenvalue weighted by atomic mass is 19.1. The SMILES string of the molecule is CC(C)N1CCC(CC(=O)N[C@@H](C(=O)O)c2cc(F)ccc2F)CC1. The number of likely N-dealkylation sites (tertiary alicyclic amines) is 1. The van der Waals surface area contributed by atoms with Crippen molar-refractivity contribution in [2.24, 2.45) is 5.92 Å². The number of halogens is 2. The lowest BCUT2D eigenvalue weighted by Gasteiger charge is -2.34. The van der Waals surface area contributed by atoms with Crippen LogP contribution in [0.4, 0.5) is 8.78 Å². The Bertz CT molecular complexity index is 629. The van der Waals surface area contributed by atoms with Crippen LogP contribution in [0.2, 0.25) is 0 Å². The Balaban J connectivity index is 1.97. The molecule has 0 radical (unpaired) electrons. The largest absolute Gasteiger partial charge is 0.479 e. The Morgan fingerprint density at radius 3 is 2.48 bits per heavy atom. The van der Waals surface area contributed by atoms with Gasteiger partial charge in [-0.25, -0.2) is 13.6 Å². The van der Waals surface area contributed by atoms with Gasteiger partial charge in [-0.2, -0.15) is 0 Å². The predicted octanol–water partition coefficient (Wildman–Crippen LogP) is 2.72. The van der Waals surface area contributed by atoms with Gasteiger partial charge in [0, 0.05) is 18.0 Å². The van der Waals surface area contributed by atoms with Gasteiger partial charge < -0.3 is 15.3 Å². The summed E-state index contributed by atoms with van der Waals surface area (Å²) in [5, 5.41) is 11.6. The van der Waals surface area contributed by atoms with E-state index in [0.717, 1.165) is 44.1 Å². The van der Waals surface area contributed by atoms with Gasteiger partial charge in [-0.1, -0.05) is 0 Å². The Hall–Kier alpha value is -2.02. The first kappa shape index (κ1) is 19.3. The minimum Gasteiger partial charge on any atom is -0.479 e. The molecule has 1 atom stereocenters. The van der Waals surface area contributed by atoms with E-state index in [1.165, 1.54) is 0 Å². The highest BCUT2D eigenvalue weighted by Gasteiger charge is 2.28. The Labute approximate surface area is 146 Å². The topological polar surface area (TPSA) is 69.6 Å². The number of carboxylic acids is 1. The van der Waals surface area contributed by atoms with Gasteiger partial charge in [0.05, 0.1) is 0 Å². The van der Waals surface area contributed by atoms with Gasteiger partial charge in [0.1, 0.15) is 11.6 Å². The molecule has 1 aromatic rings. The summed E-state index contributed by atoms with van der Waals surface area (Å²) in [7, 11) is 0. The second kappa shape index (κ2) is 8.38. The summed E-state index contributed by atoms with van der Waals surface area (Å²) in [6.45, 7) is 6.04. The summed E-state index contributed by atoms with van der Waals surface area (Å²) in [6, 6.07) is 1.42. The number of rotatable bonds is 6. The normalized spacial score (nSPS) is 17.5. The first-order valence-corrected chi connectivity index (χ1v) is 8.49. The molecule has 2 rings (SSSR count). The lowest BCUT2D eigenvalue weighted by atomic mass is 9.92. The van der Waals surface area contributed by atoms with Gasteiger partial charge in [0.2, 0.25) is 5.91 Å². The van der Waals surface area contributed by atoms with Crippen molar-refractivity contribution in [3.8, 4) is 0 Å². The molecule has 138 valence electrons. The average Bonchev–Trinajstić information content (AvgIpc) is 2.55. The van der Waals surface area contributed by atoms with E-state index in [1.54, 1.807) is 0 Å². The quantitative estimate of drug-likeness (QED) is 0.824. The number of carbonyl (C=O) groups is 2. The molecular weight excluding hydrogens is 330 g/mol. The van der Waals surface area contributed by atoms with E-state index in [4.69, 9.17) is 0 Å². The van der Waals surface area contributed by atoms with E-state index in [0.29, 0.717) is 6.04 Å². The number of piperidine rings is 1. The Morgan fingerprint density at radius 2 is 1.92 bits per heavy atom. The molecule has 1 fully saturated rings. The molecule has 1 aliphatic rings. The van der Waals surface area contributed by atoms with Crippen LogP contribution in [0, 0.1) is 17.6 Å². The van der Waals surface area contributed by atoms with Crippen LogP contribution in [0.3, 0.4) is 0 Å². The lowest BCUT2D eigenvalue weighted by Crippen LogP contribution is -2.40. The van der Waals surface area contributed by atoms with Crippen molar-refractivity contribution in [1.82, 2.24) is 10.2 Å². The molecule has 0 bridgehead atoms. The van der Waals surface area contributed by atoms with Gasteiger partial charge in [-0.15, -0.1) is 0 Å². The van der Waals surface area contributed by atoms with Gasteiger partial charge in [0.15, 0.2) is 6.04 Å². The third kappa shape index (κ3) is 5.22. The number of hydrogen-bond acceptors (Lipinski definition) is 3. The summed E-state index contributed by atoms with van der Waals surface area (Å²) in [4.78, 5) is 25.9. The van der Waals surface area contributed by atoms with Crippen LogP contribution in [-0.4, -0.2) is 41.0 Å². The molecule has 0 unspecified atom stereocenters. The molecule has 1 aromatic carbocycles. The molecule has 0 aliphatic carbocycles. The maximum Gasteiger partial charge on any atom is 0.331 e. The number of amides is 1. The summed E-state index contributed by atoms with van der Waals surface area (Å²) >= 11 is 0. The number of benzene rings is 1. The number of nitrogens with zero attached hydrogens (tertiary/aromatic N) is 1. The van der Waals surface area contributed by atoms with Gasteiger partial charge in [-0.05, 0) is 63.9 Å². The summed E-state index contributed by atoms with van der Waals surface area (Å²) in [6.07, 6.45) is 1.90. The van der Waals surface area contributed by atoms with Crippen LogP contribution in [0.25, 0.3) is 0 Å². The zero-order chi connectivity index (χ0) is 18.6. The van der Waals surface area contributed by atoms with E-state index < -0.39 is 29.6 Å². The number of hydrogen-bond donors (Lipinski definition) is 2. The molecule has 5 nitrogen and oxygen atoms in total. The zero-order valence-corrected chi connectivity index (χ0v) is 14.5. The van der Waals surface area contributed by atoms with E-state index in [9.17, 15) is 23.5 Å². The zero-order valence-electron chi connectivity index (χ0n) is 14.5. The molecular formula is C18H24F2N2O3. The predicted molar refractivity (Wildman–Crippen MR) is 88.9 cm³/mol. The monoisotopic (exact) mass is 354 g/mol. The minimum absolute atomic E-state index is 0.168. The maximum atomic E-state index is 13.8. The first-order chi connectivity index (χ1) is 11.8. The average molecular weight is 354 g/mol. The van der Waals surface area contributed by atoms with Crippen LogP contribution in [0.5, 0.6) is 0 Å². The van der Waals surface area contributed by atoms with E-state index in [2.05, 4.69) is 24.1 Å². The molecule has 7 heteroatoms. The van der Waals surface area contributed by atoms with Crippen molar-refractivity contribution in [2.75, 3.05) is 13.1 Å². The third-order valence-electron chi connectivity index (χ3n) is 4.67. The van der Waals surface area contributed by atoms with Gasteiger partial charge in [0.25, 0.3) is 0 Å². The molecule has 1 heterocycles. The Kier molecular flexibility index (Phi) is 6.47. The van der Waals surface area contributed by atoms with Crippen LogP contribution < -0.4 is 5.32 Å². The lowest BCUT2D eigenvalue weighted by molar-refractivity contribution is -0.142. The molecule has 0 aromatic heterocycles. The first-order valence-electron chi connectivity index (χ1n) is 8.49. The molecule has 2 N–H and O–H groups in total. The van der Waals surface area contributed by atoms with Crippen LogP contribution in [0.15, 0.2) is 18.2 Å². The van der Waals surface area contributed by atoms with Gasteiger partial charge >= 0.3 is 5.97 Å². The van der Waals surface area contributed by atoms with Crippen molar-refractivity contribution in [3.05, 3.63) is 35.4 Å².